The summed E-state index contributed by atoms with van der Waals surface area (Å²) in [5.41, 5.74) is 0. The van der Waals surface area contributed by atoms with E-state index in [0.29, 0.717) is 0 Å². The Morgan fingerprint density at radius 1 is 1.40 bits per heavy atom. The molecule has 15 heavy (non-hydrogen) atoms. The normalized spacial score (nSPS) is 25.8. The molecule has 0 aromatic rings. The van der Waals surface area contributed by atoms with Gasteiger partial charge in [-0.15, -0.1) is 0 Å². The largest absolute Gasteiger partial charge is 0.303 e. The molecule has 1 fully saturated rings. The van der Waals surface area contributed by atoms with Gasteiger partial charge in [-0.3, -0.25) is 0 Å². The number of rotatable bonds is 5. The highest BCUT2D eigenvalue weighted by molar-refractivity contribution is 7.80. The van der Waals surface area contributed by atoms with Crippen molar-refractivity contribution >= 4 is 12.6 Å². The molecule has 0 bridgehead atoms. The Kier molecular flexibility index (Phi) is 6.06. The van der Waals surface area contributed by atoms with Gasteiger partial charge in [0, 0.05) is 13.1 Å². The lowest BCUT2D eigenvalue weighted by atomic mass is 9.92. The lowest BCUT2D eigenvalue weighted by Crippen LogP contribution is -2.39. The third-order valence-corrected chi connectivity index (χ3v) is 4.32. The van der Waals surface area contributed by atoms with E-state index in [1.165, 1.54) is 38.9 Å². The third kappa shape index (κ3) is 4.36. The average molecular weight is 229 g/mol. The predicted molar refractivity (Wildman–Crippen MR) is 71.6 cm³/mol. The second-order valence-corrected chi connectivity index (χ2v) is 5.73. The first kappa shape index (κ1) is 13.4. The zero-order valence-electron chi connectivity index (χ0n) is 10.6. The molecule has 0 spiro atoms. The molecule has 0 aliphatic carbocycles. The van der Waals surface area contributed by atoms with E-state index in [2.05, 4.69) is 38.3 Å². The molecule has 2 atom stereocenters. The van der Waals surface area contributed by atoms with Crippen LogP contribution in [0.15, 0.2) is 0 Å². The molecule has 0 radical (unpaired) electrons. The van der Waals surface area contributed by atoms with Gasteiger partial charge in [0.15, 0.2) is 0 Å². The molecule has 1 heterocycles. The number of piperidine rings is 1. The summed E-state index contributed by atoms with van der Waals surface area (Å²) < 4.78 is 0. The van der Waals surface area contributed by atoms with Crippen molar-refractivity contribution in [2.45, 2.75) is 40.0 Å². The highest BCUT2D eigenvalue weighted by Crippen LogP contribution is 2.22. The van der Waals surface area contributed by atoms with Crippen LogP contribution in [0.2, 0.25) is 0 Å². The molecular formula is C13H27NS. The first-order chi connectivity index (χ1) is 7.17. The maximum Gasteiger partial charge on any atom is 0.00200 e. The molecular weight excluding hydrogens is 202 g/mol. The zero-order chi connectivity index (χ0) is 11.3. The fourth-order valence-corrected chi connectivity index (χ4v) is 3.00. The van der Waals surface area contributed by atoms with Crippen molar-refractivity contribution in [1.29, 1.82) is 0 Å². The van der Waals surface area contributed by atoms with Gasteiger partial charge in [-0.1, -0.05) is 27.2 Å². The molecule has 0 N–H and O–H groups in total. The average Bonchev–Trinajstić information content (AvgIpc) is 2.25. The number of nitrogens with zero attached hydrogens (tertiary/aromatic N) is 1. The summed E-state index contributed by atoms with van der Waals surface area (Å²) >= 11 is 4.47. The zero-order valence-corrected chi connectivity index (χ0v) is 11.5. The van der Waals surface area contributed by atoms with E-state index in [1.54, 1.807) is 0 Å². The van der Waals surface area contributed by atoms with Crippen LogP contribution in [0, 0.1) is 17.8 Å². The minimum absolute atomic E-state index is 0.768. The van der Waals surface area contributed by atoms with Crippen molar-refractivity contribution in [3.8, 4) is 0 Å². The maximum absolute atomic E-state index is 4.47. The lowest BCUT2D eigenvalue weighted by molar-refractivity contribution is 0.141. The van der Waals surface area contributed by atoms with Crippen molar-refractivity contribution in [3.63, 3.8) is 0 Å². The van der Waals surface area contributed by atoms with Gasteiger partial charge in [-0.25, -0.2) is 0 Å². The van der Waals surface area contributed by atoms with Gasteiger partial charge < -0.3 is 4.90 Å². The molecule has 90 valence electrons. The van der Waals surface area contributed by atoms with Gasteiger partial charge in [0.2, 0.25) is 0 Å². The van der Waals surface area contributed by atoms with Crippen LogP contribution in [-0.2, 0) is 0 Å². The number of hydrogen-bond donors (Lipinski definition) is 1. The molecule has 2 unspecified atom stereocenters. The summed E-state index contributed by atoms with van der Waals surface area (Å²) in [7, 11) is 0. The Balaban J connectivity index is 2.36. The molecule has 1 nitrogen and oxygen atoms in total. The smallest absolute Gasteiger partial charge is 0.00200 e. The monoisotopic (exact) mass is 229 g/mol. The van der Waals surface area contributed by atoms with E-state index in [-0.39, 0.29) is 0 Å². The fraction of sp³-hybridized carbons (Fsp3) is 1.00. The highest BCUT2D eigenvalue weighted by Gasteiger charge is 2.22. The molecule has 1 rings (SSSR count). The number of hydrogen-bond acceptors (Lipinski definition) is 2. The standard InChI is InChI=1S/C13H27NS/c1-4-12-6-5-7-14(8-12)9-13(10-15)11(2)3/h11-13,15H,4-10H2,1-3H3. The predicted octanol–water partition coefficient (Wildman–Crippen LogP) is 3.31. The molecule has 1 aliphatic rings. The molecule has 0 amide bonds. The molecule has 1 aliphatic heterocycles. The first-order valence-electron chi connectivity index (χ1n) is 6.50. The van der Waals surface area contributed by atoms with Crippen LogP contribution in [0.1, 0.15) is 40.0 Å². The summed E-state index contributed by atoms with van der Waals surface area (Å²) in [6.45, 7) is 10.9. The van der Waals surface area contributed by atoms with E-state index < -0.39 is 0 Å². The van der Waals surface area contributed by atoms with E-state index in [1.807, 2.05) is 0 Å². The Morgan fingerprint density at radius 2 is 2.13 bits per heavy atom. The molecule has 0 saturated carbocycles. The second kappa shape index (κ2) is 6.80. The molecule has 0 aromatic heterocycles. The lowest BCUT2D eigenvalue weighted by Gasteiger charge is -2.35. The quantitative estimate of drug-likeness (QED) is 0.708. The Morgan fingerprint density at radius 3 is 2.67 bits per heavy atom. The number of likely N-dealkylation sites (tertiary alicyclic amines) is 1. The van der Waals surface area contributed by atoms with Crippen molar-refractivity contribution in [3.05, 3.63) is 0 Å². The second-order valence-electron chi connectivity index (χ2n) is 5.36. The van der Waals surface area contributed by atoms with Crippen molar-refractivity contribution < 1.29 is 0 Å². The number of thiol groups is 1. The van der Waals surface area contributed by atoms with Crippen LogP contribution in [0.4, 0.5) is 0 Å². The van der Waals surface area contributed by atoms with E-state index in [4.69, 9.17) is 0 Å². The van der Waals surface area contributed by atoms with Gasteiger partial charge >= 0.3 is 0 Å². The van der Waals surface area contributed by atoms with Gasteiger partial charge in [0.05, 0.1) is 0 Å². The minimum Gasteiger partial charge on any atom is -0.303 e. The minimum atomic E-state index is 0.768. The molecule has 1 saturated heterocycles. The van der Waals surface area contributed by atoms with Gasteiger partial charge in [-0.2, -0.15) is 12.6 Å². The van der Waals surface area contributed by atoms with Crippen molar-refractivity contribution in [1.82, 2.24) is 4.90 Å². The van der Waals surface area contributed by atoms with Crippen molar-refractivity contribution in [2.24, 2.45) is 17.8 Å². The summed E-state index contributed by atoms with van der Waals surface area (Å²) in [4.78, 5) is 2.67. The maximum atomic E-state index is 4.47. The van der Waals surface area contributed by atoms with Crippen LogP contribution >= 0.6 is 12.6 Å². The Hall–Kier alpha value is 0.310. The van der Waals surface area contributed by atoms with Crippen molar-refractivity contribution in [2.75, 3.05) is 25.4 Å². The van der Waals surface area contributed by atoms with Crippen LogP contribution < -0.4 is 0 Å². The topological polar surface area (TPSA) is 3.24 Å². The Bertz CT molecular complexity index is 170. The van der Waals surface area contributed by atoms with E-state index >= 15 is 0 Å². The summed E-state index contributed by atoms with van der Waals surface area (Å²) in [6.07, 6.45) is 4.19. The summed E-state index contributed by atoms with van der Waals surface area (Å²) in [5, 5.41) is 0. The first-order valence-corrected chi connectivity index (χ1v) is 7.13. The van der Waals surface area contributed by atoms with Crippen LogP contribution in [0.3, 0.4) is 0 Å². The summed E-state index contributed by atoms with van der Waals surface area (Å²) in [5.74, 6) is 3.52. The van der Waals surface area contributed by atoms with Crippen LogP contribution in [-0.4, -0.2) is 30.3 Å². The summed E-state index contributed by atoms with van der Waals surface area (Å²) in [6, 6.07) is 0. The van der Waals surface area contributed by atoms with Gasteiger partial charge in [0.25, 0.3) is 0 Å². The van der Waals surface area contributed by atoms with Crippen LogP contribution in [0.25, 0.3) is 0 Å². The van der Waals surface area contributed by atoms with Crippen LogP contribution in [0.5, 0.6) is 0 Å². The van der Waals surface area contributed by atoms with E-state index in [9.17, 15) is 0 Å². The molecule has 2 heteroatoms. The van der Waals surface area contributed by atoms with Gasteiger partial charge in [-0.05, 0) is 42.9 Å². The highest BCUT2D eigenvalue weighted by atomic mass is 32.1. The Labute approximate surface area is 101 Å². The van der Waals surface area contributed by atoms with Gasteiger partial charge in [0.1, 0.15) is 0 Å². The molecule has 0 aromatic carbocycles. The van der Waals surface area contributed by atoms with E-state index in [0.717, 1.165) is 23.5 Å². The fourth-order valence-electron chi connectivity index (χ4n) is 2.46. The SMILES string of the molecule is CCC1CCCN(CC(CS)C(C)C)C1. The third-order valence-electron chi connectivity index (χ3n) is 3.85.